The molecular formula is C10H21NS. The second-order valence-electron chi connectivity index (χ2n) is 4.94. The van der Waals surface area contributed by atoms with Crippen LogP contribution in [0.5, 0.6) is 0 Å². The van der Waals surface area contributed by atoms with Crippen LogP contribution in [0.4, 0.5) is 0 Å². The standard InChI is InChI=1S/C10H21NS/c1-9(7-12)6-11-5-4-10(2,3)8-11/h9,12H,4-8H2,1-3H3. The van der Waals surface area contributed by atoms with Crippen LogP contribution in [-0.2, 0) is 0 Å². The molecule has 1 aliphatic heterocycles. The van der Waals surface area contributed by atoms with Crippen molar-refractivity contribution < 1.29 is 0 Å². The normalized spacial score (nSPS) is 26.0. The topological polar surface area (TPSA) is 3.24 Å². The van der Waals surface area contributed by atoms with Gasteiger partial charge in [0.05, 0.1) is 0 Å². The van der Waals surface area contributed by atoms with Crippen molar-refractivity contribution in [1.82, 2.24) is 4.90 Å². The predicted molar refractivity (Wildman–Crippen MR) is 57.9 cm³/mol. The summed E-state index contributed by atoms with van der Waals surface area (Å²) in [6.07, 6.45) is 1.35. The lowest BCUT2D eigenvalue weighted by Gasteiger charge is -2.21. The highest BCUT2D eigenvalue weighted by Gasteiger charge is 2.29. The third-order valence-electron chi connectivity index (χ3n) is 2.64. The van der Waals surface area contributed by atoms with Crippen LogP contribution in [0.1, 0.15) is 27.2 Å². The number of hydrogen-bond acceptors (Lipinski definition) is 2. The summed E-state index contributed by atoms with van der Waals surface area (Å²) in [6, 6.07) is 0. The summed E-state index contributed by atoms with van der Waals surface area (Å²) >= 11 is 4.30. The largest absolute Gasteiger partial charge is 0.302 e. The van der Waals surface area contributed by atoms with Gasteiger partial charge in [-0.1, -0.05) is 20.8 Å². The number of nitrogens with zero attached hydrogens (tertiary/aromatic N) is 1. The molecule has 72 valence electrons. The van der Waals surface area contributed by atoms with Crippen LogP contribution < -0.4 is 0 Å². The summed E-state index contributed by atoms with van der Waals surface area (Å²) in [5.74, 6) is 1.75. The summed E-state index contributed by atoms with van der Waals surface area (Å²) in [7, 11) is 0. The van der Waals surface area contributed by atoms with Crippen LogP contribution in [0.25, 0.3) is 0 Å². The van der Waals surface area contributed by atoms with E-state index in [9.17, 15) is 0 Å². The molecule has 1 unspecified atom stereocenters. The van der Waals surface area contributed by atoms with E-state index in [2.05, 4.69) is 38.3 Å². The highest BCUT2D eigenvalue weighted by molar-refractivity contribution is 7.80. The van der Waals surface area contributed by atoms with Crippen molar-refractivity contribution in [2.24, 2.45) is 11.3 Å². The summed E-state index contributed by atoms with van der Waals surface area (Å²) in [4.78, 5) is 2.57. The van der Waals surface area contributed by atoms with Gasteiger partial charge in [-0.3, -0.25) is 0 Å². The third kappa shape index (κ3) is 2.98. The zero-order valence-corrected chi connectivity index (χ0v) is 9.40. The van der Waals surface area contributed by atoms with E-state index in [1.165, 1.54) is 26.1 Å². The molecule has 0 saturated carbocycles. The van der Waals surface area contributed by atoms with Gasteiger partial charge in [0, 0.05) is 13.1 Å². The van der Waals surface area contributed by atoms with Gasteiger partial charge in [-0.05, 0) is 30.1 Å². The van der Waals surface area contributed by atoms with Gasteiger partial charge in [0.25, 0.3) is 0 Å². The van der Waals surface area contributed by atoms with Gasteiger partial charge in [0.1, 0.15) is 0 Å². The Morgan fingerprint density at radius 2 is 2.17 bits per heavy atom. The van der Waals surface area contributed by atoms with Crippen LogP contribution in [0.3, 0.4) is 0 Å². The maximum Gasteiger partial charge on any atom is 0.00333 e. The molecule has 1 heterocycles. The van der Waals surface area contributed by atoms with Gasteiger partial charge in [0.15, 0.2) is 0 Å². The number of rotatable bonds is 3. The Morgan fingerprint density at radius 3 is 2.58 bits per heavy atom. The molecule has 1 atom stereocenters. The highest BCUT2D eigenvalue weighted by atomic mass is 32.1. The van der Waals surface area contributed by atoms with Crippen molar-refractivity contribution >= 4 is 12.6 Å². The molecule has 0 aromatic rings. The lowest BCUT2D eigenvalue weighted by molar-refractivity contribution is 0.265. The van der Waals surface area contributed by atoms with Gasteiger partial charge in [0.2, 0.25) is 0 Å². The van der Waals surface area contributed by atoms with Gasteiger partial charge >= 0.3 is 0 Å². The fourth-order valence-electron chi connectivity index (χ4n) is 1.88. The molecule has 0 amide bonds. The lowest BCUT2D eigenvalue weighted by atomic mass is 9.93. The molecule has 0 aliphatic carbocycles. The molecule has 2 heteroatoms. The first-order valence-electron chi connectivity index (χ1n) is 4.87. The second kappa shape index (κ2) is 4.01. The SMILES string of the molecule is CC(CS)CN1CCC(C)(C)C1. The van der Waals surface area contributed by atoms with Gasteiger partial charge < -0.3 is 4.90 Å². The van der Waals surface area contributed by atoms with Crippen molar-refractivity contribution in [3.05, 3.63) is 0 Å². The molecule has 1 fully saturated rings. The van der Waals surface area contributed by atoms with Crippen molar-refractivity contribution in [3.63, 3.8) is 0 Å². The molecule has 0 radical (unpaired) electrons. The average Bonchev–Trinajstić information content (AvgIpc) is 2.30. The van der Waals surface area contributed by atoms with Crippen molar-refractivity contribution in [1.29, 1.82) is 0 Å². The van der Waals surface area contributed by atoms with E-state index < -0.39 is 0 Å². The number of likely N-dealkylation sites (tertiary alicyclic amines) is 1. The van der Waals surface area contributed by atoms with Crippen molar-refractivity contribution in [3.8, 4) is 0 Å². The van der Waals surface area contributed by atoms with Crippen LogP contribution in [0.15, 0.2) is 0 Å². The van der Waals surface area contributed by atoms with E-state index in [0.717, 1.165) is 11.7 Å². The zero-order chi connectivity index (χ0) is 9.19. The van der Waals surface area contributed by atoms with Crippen molar-refractivity contribution in [2.75, 3.05) is 25.4 Å². The minimum Gasteiger partial charge on any atom is -0.302 e. The molecule has 0 aromatic heterocycles. The highest BCUT2D eigenvalue weighted by Crippen LogP contribution is 2.29. The van der Waals surface area contributed by atoms with E-state index in [-0.39, 0.29) is 0 Å². The monoisotopic (exact) mass is 187 g/mol. The predicted octanol–water partition coefficient (Wildman–Crippen LogP) is 2.28. The van der Waals surface area contributed by atoms with E-state index in [0.29, 0.717) is 5.41 Å². The number of hydrogen-bond donors (Lipinski definition) is 1. The Balaban J connectivity index is 2.28. The fraction of sp³-hybridized carbons (Fsp3) is 1.00. The summed E-state index contributed by atoms with van der Waals surface area (Å²) < 4.78 is 0. The molecule has 1 nitrogen and oxygen atoms in total. The Hall–Kier alpha value is 0.310. The van der Waals surface area contributed by atoms with E-state index in [1.807, 2.05) is 0 Å². The minimum absolute atomic E-state index is 0.552. The smallest absolute Gasteiger partial charge is 0.00333 e. The van der Waals surface area contributed by atoms with Crippen molar-refractivity contribution in [2.45, 2.75) is 27.2 Å². The summed E-state index contributed by atoms with van der Waals surface area (Å²) in [5.41, 5.74) is 0.552. The quantitative estimate of drug-likeness (QED) is 0.663. The van der Waals surface area contributed by atoms with Crippen LogP contribution in [0.2, 0.25) is 0 Å². The van der Waals surface area contributed by atoms with Crippen LogP contribution in [-0.4, -0.2) is 30.3 Å². The molecule has 12 heavy (non-hydrogen) atoms. The Bertz CT molecular complexity index is 145. The minimum atomic E-state index is 0.552. The summed E-state index contributed by atoms with van der Waals surface area (Å²) in [6.45, 7) is 10.8. The third-order valence-corrected chi connectivity index (χ3v) is 3.26. The molecular weight excluding hydrogens is 166 g/mol. The molecule has 1 aliphatic rings. The molecule has 1 rings (SSSR count). The van der Waals surface area contributed by atoms with Gasteiger partial charge in [-0.25, -0.2) is 0 Å². The Morgan fingerprint density at radius 1 is 1.50 bits per heavy atom. The van der Waals surface area contributed by atoms with Crippen LogP contribution >= 0.6 is 12.6 Å². The van der Waals surface area contributed by atoms with E-state index in [4.69, 9.17) is 0 Å². The lowest BCUT2D eigenvalue weighted by Crippen LogP contribution is -2.28. The molecule has 0 bridgehead atoms. The first-order chi connectivity index (χ1) is 5.53. The first kappa shape index (κ1) is 10.4. The second-order valence-corrected chi connectivity index (χ2v) is 5.30. The Labute approximate surface area is 81.9 Å². The summed E-state index contributed by atoms with van der Waals surface area (Å²) in [5, 5.41) is 0. The maximum absolute atomic E-state index is 4.30. The molecule has 0 N–H and O–H groups in total. The molecule has 0 aromatic carbocycles. The van der Waals surface area contributed by atoms with Gasteiger partial charge in [-0.15, -0.1) is 0 Å². The first-order valence-corrected chi connectivity index (χ1v) is 5.50. The fourth-order valence-corrected chi connectivity index (χ4v) is 1.99. The average molecular weight is 187 g/mol. The number of thiol groups is 1. The zero-order valence-electron chi connectivity index (χ0n) is 8.51. The van der Waals surface area contributed by atoms with E-state index >= 15 is 0 Å². The van der Waals surface area contributed by atoms with E-state index in [1.54, 1.807) is 0 Å². The molecule has 1 saturated heterocycles. The van der Waals surface area contributed by atoms with Gasteiger partial charge in [-0.2, -0.15) is 12.6 Å². The maximum atomic E-state index is 4.30. The van der Waals surface area contributed by atoms with Crippen LogP contribution in [0, 0.1) is 11.3 Å². The Kier molecular flexibility index (Phi) is 3.47. The molecule has 0 spiro atoms.